The molecule has 0 amide bonds. The molecule has 0 saturated carbocycles. The maximum absolute atomic E-state index is 4.85. The number of halogens is 1. The second-order valence-corrected chi connectivity index (χ2v) is 7.21. The van der Waals surface area contributed by atoms with Crippen LogP contribution in [0.2, 0.25) is 0 Å². The lowest BCUT2D eigenvalue weighted by Crippen LogP contribution is -2.20. The lowest BCUT2D eigenvalue weighted by Gasteiger charge is -2.20. The van der Waals surface area contributed by atoms with Crippen LogP contribution in [0.25, 0.3) is 16.9 Å². The van der Waals surface area contributed by atoms with Gasteiger partial charge in [0, 0.05) is 13.6 Å². The first-order valence-electron chi connectivity index (χ1n) is 8.49. The van der Waals surface area contributed by atoms with Crippen molar-refractivity contribution < 1.29 is 0 Å². The van der Waals surface area contributed by atoms with Crippen molar-refractivity contribution >= 4 is 33.0 Å². The van der Waals surface area contributed by atoms with Crippen molar-refractivity contribution in [1.82, 2.24) is 14.5 Å². The number of rotatable bonds is 4. The molecule has 0 saturated heterocycles. The molecule has 0 spiro atoms. The van der Waals surface area contributed by atoms with Crippen LogP contribution in [-0.2, 0) is 6.54 Å². The number of pyridine rings is 1. The van der Waals surface area contributed by atoms with Crippen LogP contribution in [0.5, 0.6) is 0 Å². The van der Waals surface area contributed by atoms with Gasteiger partial charge in [0.05, 0.1) is 5.69 Å². The molecule has 4 rings (SSSR count). The third-order valence-corrected chi connectivity index (χ3v) is 4.79. The summed E-state index contributed by atoms with van der Waals surface area (Å²) >= 11 is 3.49. The van der Waals surface area contributed by atoms with Gasteiger partial charge in [-0.15, -0.1) is 0 Å². The van der Waals surface area contributed by atoms with Gasteiger partial charge in [-0.3, -0.25) is 4.57 Å². The van der Waals surface area contributed by atoms with Gasteiger partial charge >= 0.3 is 0 Å². The molecule has 0 unspecified atom stereocenters. The number of benzene rings is 2. The zero-order valence-corrected chi connectivity index (χ0v) is 16.3. The summed E-state index contributed by atoms with van der Waals surface area (Å²) in [7, 11) is 2.06. The predicted molar refractivity (Wildman–Crippen MR) is 110 cm³/mol. The monoisotopic (exact) mass is 406 g/mol. The van der Waals surface area contributed by atoms with Gasteiger partial charge in [0.25, 0.3) is 0 Å². The van der Waals surface area contributed by atoms with Gasteiger partial charge in [0.1, 0.15) is 10.1 Å². The Morgan fingerprint density at radius 1 is 0.923 bits per heavy atom. The normalized spacial score (nSPS) is 11.0. The highest BCUT2D eigenvalue weighted by Gasteiger charge is 2.17. The molecule has 4 aromatic rings. The molecule has 26 heavy (non-hydrogen) atoms. The Hall–Kier alpha value is -2.66. The number of aromatic nitrogens is 3. The van der Waals surface area contributed by atoms with Crippen LogP contribution in [0, 0.1) is 6.92 Å². The molecular formula is C21H19BrN4. The Bertz CT molecular complexity index is 1040. The van der Waals surface area contributed by atoms with Gasteiger partial charge in [0.15, 0.2) is 5.65 Å². The molecule has 0 atom stereocenters. The zero-order chi connectivity index (χ0) is 18.1. The zero-order valence-electron chi connectivity index (χ0n) is 14.7. The Kier molecular flexibility index (Phi) is 4.47. The molecular weight excluding hydrogens is 388 g/mol. The van der Waals surface area contributed by atoms with Crippen molar-refractivity contribution in [2.45, 2.75) is 13.5 Å². The summed E-state index contributed by atoms with van der Waals surface area (Å²) in [5.74, 6) is 0.873. The summed E-state index contributed by atoms with van der Waals surface area (Å²) in [6.45, 7) is 2.87. The van der Waals surface area contributed by atoms with Crippen molar-refractivity contribution in [2.75, 3.05) is 11.9 Å². The van der Waals surface area contributed by atoms with Gasteiger partial charge in [-0.1, -0.05) is 48.0 Å². The number of imidazole rings is 1. The van der Waals surface area contributed by atoms with E-state index in [2.05, 4.69) is 92.9 Å². The van der Waals surface area contributed by atoms with E-state index in [9.17, 15) is 0 Å². The maximum atomic E-state index is 4.85. The summed E-state index contributed by atoms with van der Waals surface area (Å²) in [6, 6.07) is 22.8. The number of anilines is 1. The number of hydrogen-bond acceptors (Lipinski definition) is 3. The number of nitrogens with zero attached hydrogens (tertiary/aromatic N) is 4. The fourth-order valence-electron chi connectivity index (χ4n) is 3.04. The summed E-state index contributed by atoms with van der Waals surface area (Å²) in [4.78, 5) is 11.7. The number of aryl methyl sites for hydroxylation is 1. The first-order chi connectivity index (χ1) is 12.6. The van der Waals surface area contributed by atoms with Gasteiger partial charge in [0.2, 0.25) is 5.95 Å². The fraction of sp³-hybridized carbons (Fsp3) is 0.143. The van der Waals surface area contributed by atoms with E-state index in [1.807, 2.05) is 18.2 Å². The first kappa shape index (κ1) is 16.8. The molecule has 2 aromatic carbocycles. The molecule has 0 bridgehead atoms. The van der Waals surface area contributed by atoms with Crippen LogP contribution < -0.4 is 4.90 Å². The Morgan fingerprint density at radius 2 is 1.65 bits per heavy atom. The Balaban J connectivity index is 1.85. The largest absolute Gasteiger partial charge is 0.341 e. The van der Waals surface area contributed by atoms with Crippen LogP contribution >= 0.6 is 15.9 Å². The summed E-state index contributed by atoms with van der Waals surface area (Å²) in [5, 5.41) is 0. The predicted octanol–water partition coefficient (Wildman–Crippen LogP) is 5.13. The molecule has 0 fully saturated rings. The molecule has 4 nitrogen and oxygen atoms in total. The average Bonchev–Trinajstić information content (AvgIpc) is 3.02. The van der Waals surface area contributed by atoms with Gasteiger partial charge in [-0.05, 0) is 52.7 Å². The highest BCUT2D eigenvalue weighted by molar-refractivity contribution is 9.10. The van der Waals surface area contributed by atoms with Crippen molar-refractivity contribution in [2.24, 2.45) is 0 Å². The molecule has 5 heteroatoms. The maximum Gasteiger partial charge on any atom is 0.212 e. The van der Waals surface area contributed by atoms with E-state index in [4.69, 9.17) is 4.98 Å². The highest BCUT2D eigenvalue weighted by Crippen LogP contribution is 2.27. The molecule has 0 aliphatic heterocycles. The van der Waals surface area contributed by atoms with Gasteiger partial charge < -0.3 is 4.90 Å². The molecule has 2 heterocycles. The average molecular weight is 407 g/mol. The van der Waals surface area contributed by atoms with Gasteiger partial charge in [-0.2, -0.15) is 0 Å². The quantitative estimate of drug-likeness (QED) is 0.440. The van der Waals surface area contributed by atoms with Gasteiger partial charge in [-0.25, -0.2) is 9.97 Å². The summed E-state index contributed by atoms with van der Waals surface area (Å²) in [5.41, 5.74) is 5.25. The third kappa shape index (κ3) is 3.22. The van der Waals surface area contributed by atoms with Crippen molar-refractivity contribution in [3.8, 4) is 5.69 Å². The third-order valence-electron chi connectivity index (χ3n) is 4.35. The van der Waals surface area contributed by atoms with E-state index in [0.717, 1.165) is 33.9 Å². The van der Waals surface area contributed by atoms with Crippen LogP contribution in [0.15, 0.2) is 71.3 Å². The van der Waals surface area contributed by atoms with E-state index in [1.54, 1.807) is 0 Å². The second-order valence-electron chi connectivity index (χ2n) is 6.40. The minimum Gasteiger partial charge on any atom is -0.341 e. The van der Waals surface area contributed by atoms with Crippen molar-refractivity contribution in [1.29, 1.82) is 0 Å². The van der Waals surface area contributed by atoms with E-state index in [1.165, 1.54) is 11.1 Å². The SMILES string of the molecule is Cc1ccc(-n2c(N(C)Cc3ccccc3)nc3ccc(Br)nc32)cc1. The smallest absolute Gasteiger partial charge is 0.212 e. The highest BCUT2D eigenvalue weighted by atomic mass is 79.9. The second kappa shape index (κ2) is 6.92. The van der Waals surface area contributed by atoms with Crippen LogP contribution in [0.1, 0.15) is 11.1 Å². The number of fused-ring (bicyclic) bond motifs is 1. The lowest BCUT2D eigenvalue weighted by molar-refractivity contribution is 0.852. The molecule has 0 aliphatic rings. The fourth-order valence-corrected chi connectivity index (χ4v) is 3.34. The lowest BCUT2D eigenvalue weighted by atomic mass is 10.2. The number of hydrogen-bond donors (Lipinski definition) is 0. The van der Waals surface area contributed by atoms with E-state index >= 15 is 0 Å². The van der Waals surface area contributed by atoms with E-state index < -0.39 is 0 Å². The van der Waals surface area contributed by atoms with Crippen molar-refractivity contribution in [3.63, 3.8) is 0 Å². The first-order valence-corrected chi connectivity index (χ1v) is 9.28. The van der Waals surface area contributed by atoms with Crippen LogP contribution in [0.4, 0.5) is 5.95 Å². The van der Waals surface area contributed by atoms with Crippen LogP contribution in [-0.4, -0.2) is 21.6 Å². The minimum absolute atomic E-state index is 0.775. The molecule has 2 aromatic heterocycles. The van der Waals surface area contributed by atoms with E-state index in [-0.39, 0.29) is 0 Å². The Labute approximate surface area is 161 Å². The minimum atomic E-state index is 0.775. The van der Waals surface area contributed by atoms with E-state index in [0.29, 0.717) is 0 Å². The molecule has 0 radical (unpaired) electrons. The van der Waals surface area contributed by atoms with Crippen molar-refractivity contribution in [3.05, 3.63) is 82.5 Å². The Morgan fingerprint density at radius 3 is 2.38 bits per heavy atom. The standard InChI is InChI=1S/C21H19BrN4/c1-15-8-10-17(11-9-15)26-20-18(12-13-19(22)24-20)23-21(26)25(2)14-16-6-4-3-5-7-16/h3-13H,14H2,1-2H3. The van der Waals surface area contributed by atoms with Crippen LogP contribution in [0.3, 0.4) is 0 Å². The summed E-state index contributed by atoms with van der Waals surface area (Å²) < 4.78 is 2.91. The summed E-state index contributed by atoms with van der Waals surface area (Å²) in [6.07, 6.45) is 0. The molecule has 0 N–H and O–H groups in total. The molecule has 130 valence electrons. The molecule has 0 aliphatic carbocycles. The topological polar surface area (TPSA) is 34.0 Å².